The van der Waals surface area contributed by atoms with Crippen LogP contribution >= 0.6 is 0 Å². The molecule has 1 aromatic heterocycles. The number of nitrogens with one attached hydrogen (secondary N) is 1. The average Bonchev–Trinajstić information content (AvgIpc) is 2.90. The van der Waals surface area contributed by atoms with E-state index in [0.717, 1.165) is 0 Å². The zero-order valence-electron chi connectivity index (χ0n) is 11.3. The summed E-state index contributed by atoms with van der Waals surface area (Å²) in [4.78, 5) is 14.6. The highest BCUT2D eigenvalue weighted by molar-refractivity contribution is 5.91. The molecule has 2 aromatic rings. The third kappa shape index (κ3) is 3.39. The van der Waals surface area contributed by atoms with Gasteiger partial charge in [0.25, 0.3) is 0 Å². The van der Waals surface area contributed by atoms with Crippen LogP contribution in [0.15, 0.2) is 22.7 Å². The minimum atomic E-state index is -4.67. The van der Waals surface area contributed by atoms with Gasteiger partial charge in [0.15, 0.2) is 0 Å². The van der Waals surface area contributed by atoms with Gasteiger partial charge in [0.1, 0.15) is 0 Å². The molecule has 0 radical (unpaired) electrons. The molecule has 21 heavy (non-hydrogen) atoms. The fourth-order valence-electron chi connectivity index (χ4n) is 1.64. The summed E-state index contributed by atoms with van der Waals surface area (Å²) in [6, 6.07) is 4.68. The lowest BCUT2D eigenvalue weighted by Crippen LogP contribution is -2.10. The molecule has 1 heterocycles. The van der Waals surface area contributed by atoms with Crippen LogP contribution in [-0.4, -0.2) is 16.0 Å². The molecule has 1 aromatic carbocycles. The number of anilines is 1. The van der Waals surface area contributed by atoms with E-state index in [1.54, 1.807) is 26.0 Å². The number of carbonyl (C=O) groups excluding carboxylic acids is 1. The van der Waals surface area contributed by atoms with Gasteiger partial charge >= 0.3 is 12.1 Å². The van der Waals surface area contributed by atoms with E-state index in [0.29, 0.717) is 23.2 Å². The van der Waals surface area contributed by atoms with Crippen molar-refractivity contribution in [3.63, 3.8) is 0 Å². The predicted octanol–water partition coefficient (Wildman–Crippen LogP) is 3.41. The Hall–Kier alpha value is -2.38. The Morgan fingerprint density at radius 2 is 2.10 bits per heavy atom. The van der Waals surface area contributed by atoms with Gasteiger partial charge in [-0.05, 0) is 30.7 Å². The number of rotatable bonds is 3. The minimum Gasteiger partial charge on any atom is -0.329 e. The Morgan fingerprint density at radius 3 is 2.62 bits per heavy atom. The largest absolute Gasteiger partial charge is 0.471 e. The first-order chi connectivity index (χ1) is 9.81. The second kappa shape index (κ2) is 5.55. The second-order valence-corrected chi connectivity index (χ2v) is 4.35. The molecule has 0 aliphatic carbocycles. The summed E-state index contributed by atoms with van der Waals surface area (Å²) in [6.45, 7) is 3.44. The molecular weight excluding hydrogens is 287 g/mol. The number of hydrogen-bond acceptors (Lipinski definition) is 4. The molecule has 0 aliphatic heterocycles. The molecule has 0 saturated carbocycles. The van der Waals surface area contributed by atoms with Crippen LogP contribution in [0.5, 0.6) is 0 Å². The lowest BCUT2D eigenvalue weighted by molar-refractivity contribution is -0.159. The zero-order chi connectivity index (χ0) is 15.6. The Morgan fingerprint density at radius 1 is 1.38 bits per heavy atom. The van der Waals surface area contributed by atoms with Crippen molar-refractivity contribution in [1.82, 2.24) is 10.1 Å². The number of aromatic nitrogens is 2. The van der Waals surface area contributed by atoms with E-state index < -0.39 is 12.1 Å². The number of alkyl halides is 3. The van der Waals surface area contributed by atoms with Crippen molar-refractivity contribution in [1.29, 1.82) is 0 Å². The van der Waals surface area contributed by atoms with Gasteiger partial charge in [0, 0.05) is 17.7 Å². The topological polar surface area (TPSA) is 68.0 Å². The van der Waals surface area contributed by atoms with Crippen molar-refractivity contribution >= 4 is 11.6 Å². The molecular formula is C13H12F3N3O2. The number of hydrogen-bond donors (Lipinski definition) is 1. The van der Waals surface area contributed by atoms with E-state index in [1.807, 2.05) is 0 Å². The maximum absolute atomic E-state index is 12.4. The van der Waals surface area contributed by atoms with Gasteiger partial charge in [0.2, 0.25) is 11.7 Å². The summed E-state index contributed by atoms with van der Waals surface area (Å²) in [6.07, 6.45) is -4.34. The molecule has 5 nitrogen and oxygen atoms in total. The molecule has 1 N–H and O–H groups in total. The highest BCUT2D eigenvalue weighted by atomic mass is 19.4. The smallest absolute Gasteiger partial charge is 0.329 e. The molecule has 112 valence electrons. The minimum absolute atomic E-state index is 0.148. The quantitative estimate of drug-likeness (QED) is 0.943. The summed E-state index contributed by atoms with van der Waals surface area (Å²) >= 11 is 0. The van der Waals surface area contributed by atoms with E-state index in [1.165, 1.54) is 6.07 Å². The van der Waals surface area contributed by atoms with Crippen molar-refractivity contribution in [2.75, 3.05) is 5.32 Å². The third-order valence-electron chi connectivity index (χ3n) is 2.75. The molecule has 2 rings (SSSR count). The van der Waals surface area contributed by atoms with Crippen molar-refractivity contribution in [2.24, 2.45) is 0 Å². The van der Waals surface area contributed by atoms with Crippen LogP contribution in [0.1, 0.15) is 24.8 Å². The first-order valence-electron chi connectivity index (χ1n) is 6.13. The van der Waals surface area contributed by atoms with Crippen LogP contribution in [-0.2, 0) is 11.0 Å². The van der Waals surface area contributed by atoms with Crippen LogP contribution in [0.2, 0.25) is 0 Å². The summed E-state index contributed by atoms with van der Waals surface area (Å²) in [5.41, 5.74) is 1.65. The molecule has 0 aliphatic rings. The van der Waals surface area contributed by atoms with Gasteiger partial charge in [-0.25, -0.2) is 0 Å². The maximum Gasteiger partial charge on any atom is 0.471 e. The summed E-state index contributed by atoms with van der Waals surface area (Å²) in [5.74, 6) is -1.69. The number of amides is 1. The standard InChI is InChI=1S/C13H12F3N3O2/c1-3-10(20)17-9-5-4-8(6-7(9)2)11-18-12(21-19-11)13(14,15)16/h4-6H,3H2,1-2H3,(H,17,20). The van der Waals surface area contributed by atoms with E-state index in [4.69, 9.17) is 0 Å². The van der Waals surface area contributed by atoms with Crippen LogP contribution in [0.3, 0.4) is 0 Å². The Kier molecular flexibility index (Phi) is 3.97. The SMILES string of the molecule is CCC(=O)Nc1ccc(-c2noc(C(F)(F)F)n2)cc1C. The lowest BCUT2D eigenvalue weighted by atomic mass is 10.1. The highest BCUT2D eigenvalue weighted by Gasteiger charge is 2.38. The monoisotopic (exact) mass is 299 g/mol. The van der Waals surface area contributed by atoms with Crippen LogP contribution < -0.4 is 5.32 Å². The fourth-order valence-corrected chi connectivity index (χ4v) is 1.64. The van der Waals surface area contributed by atoms with Gasteiger partial charge in [-0.15, -0.1) is 0 Å². The van der Waals surface area contributed by atoms with Crippen LogP contribution in [0.25, 0.3) is 11.4 Å². The Balaban J connectivity index is 2.28. The summed E-state index contributed by atoms with van der Waals surface area (Å²) in [7, 11) is 0. The Bertz CT molecular complexity index is 665. The Labute approximate surface area is 118 Å². The molecule has 0 saturated heterocycles. The number of aryl methyl sites for hydroxylation is 1. The number of benzene rings is 1. The van der Waals surface area contributed by atoms with Crippen molar-refractivity contribution in [3.8, 4) is 11.4 Å². The van der Waals surface area contributed by atoms with Crippen molar-refractivity contribution in [2.45, 2.75) is 26.4 Å². The van der Waals surface area contributed by atoms with E-state index >= 15 is 0 Å². The van der Waals surface area contributed by atoms with Crippen LogP contribution in [0, 0.1) is 6.92 Å². The first kappa shape index (κ1) is 15.0. The van der Waals surface area contributed by atoms with Gasteiger partial charge in [0.05, 0.1) is 0 Å². The molecule has 0 bridgehead atoms. The van der Waals surface area contributed by atoms with E-state index in [2.05, 4.69) is 20.0 Å². The molecule has 1 amide bonds. The van der Waals surface area contributed by atoms with Gasteiger partial charge in [-0.3, -0.25) is 4.79 Å². The van der Waals surface area contributed by atoms with Crippen molar-refractivity contribution < 1.29 is 22.5 Å². The van der Waals surface area contributed by atoms with Crippen molar-refractivity contribution in [3.05, 3.63) is 29.7 Å². The van der Waals surface area contributed by atoms with Gasteiger partial charge in [-0.1, -0.05) is 12.1 Å². The highest BCUT2D eigenvalue weighted by Crippen LogP contribution is 2.30. The third-order valence-corrected chi connectivity index (χ3v) is 2.75. The van der Waals surface area contributed by atoms with Gasteiger partial charge in [-0.2, -0.15) is 18.2 Å². The molecule has 0 atom stereocenters. The zero-order valence-corrected chi connectivity index (χ0v) is 11.3. The molecule has 8 heteroatoms. The normalized spacial score (nSPS) is 11.5. The van der Waals surface area contributed by atoms with Crippen LogP contribution in [0.4, 0.5) is 18.9 Å². The average molecular weight is 299 g/mol. The number of nitrogens with zero attached hydrogens (tertiary/aromatic N) is 2. The van der Waals surface area contributed by atoms with E-state index in [9.17, 15) is 18.0 Å². The fraction of sp³-hybridized carbons (Fsp3) is 0.308. The number of halogens is 3. The number of carbonyl (C=O) groups is 1. The first-order valence-corrected chi connectivity index (χ1v) is 6.13. The molecule has 0 spiro atoms. The van der Waals surface area contributed by atoms with E-state index in [-0.39, 0.29) is 11.7 Å². The summed E-state index contributed by atoms with van der Waals surface area (Å²) in [5, 5.41) is 5.99. The van der Waals surface area contributed by atoms with Gasteiger partial charge < -0.3 is 9.84 Å². The second-order valence-electron chi connectivity index (χ2n) is 4.35. The summed E-state index contributed by atoms with van der Waals surface area (Å²) < 4.78 is 41.4. The maximum atomic E-state index is 12.4. The molecule has 0 fully saturated rings. The molecule has 0 unspecified atom stereocenters. The lowest BCUT2D eigenvalue weighted by Gasteiger charge is -2.08. The predicted molar refractivity (Wildman–Crippen MR) is 68.4 cm³/mol.